The number of aryl methyl sites for hydroxylation is 1. The van der Waals surface area contributed by atoms with Crippen molar-refractivity contribution >= 4 is 45.5 Å². The van der Waals surface area contributed by atoms with Crippen LogP contribution in [0.5, 0.6) is 23.0 Å². The van der Waals surface area contributed by atoms with Gasteiger partial charge in [-0.05, 0) is 68.7 Å². The first-order chi connectivity index (χ1) is 17.7. The van der Waals surface area contributed by atoms with E-state index in [1.54, 1.807) is 19.9 Å². The van der Waals surface area contributed by atoms with Gasteiger partial charge in [0.05, 0.1) is 21.3 Å². The molecular formula is C27H24ClN3O5S. The quantitative estimate of drug-likeness (QED) is 0.251. The number of hydrogen-bond acceptors (Lipinski definition) is 7. The second kappa shape index (κ2) is 9.99. The molecule has 1 aromatic heterocycles. The maximum absolute atomic E-state index is 11.8. The smallest absolute Gasteiger partial charge is 0.286 e. The van der Waals surface area contributed by atoms with Crippen molar-refractivity contribution in [3.8, 4) is 23.0 Å². The molecule has 0 radical (unpaired) electrons. The van der Waals surface area contributed by atoms with E-state index in [1.165, 1.54) is 0 Å². The monoisotopic (exact) mass is 537 g/mol. The molecule has 190 valence electrons. The summed E-state index contributed by atoms with van der Waals surface area (Å²) in [7, 11) is 0. The summed E-state index contributed by atoms with van der Waals surface area (Å²) >= 11 is 7.39. The molecule has 2 heterocycles. The minimum atomic E-state index is -0.402. The third-order valence-electron chi connectivity index (χ3n) is 6.13. The molecule has 4 aromatic rings. The van der Waals surface area contributed by atoms with E-state index in [4.69, 9.17) is 21.1 Å². The fourth-order valence-corrected chi connectivity index (χ4v) is 5.13. The number of benzene rings is 3. The van der Waals surface area contributed by atoms with E-state index < -0.39 is 5.25 Å². The highest BCUT2D eigenvalue weighted by atomic mass is 35.5. The van der Waals surface area contributed by atoms with Crippen LogP contribution in [0.15, 0.2) is 48.5 Å². The highest BCUT2D eigenvalue weighted by Crippen LogP contribution is 2.39. The number of amides is 2. The number of phenols is 1. The molecule has 2 amide bonds. The molecule has 8 nitrogen and oxygen atoms in total. The molecule has 1 fully saturated rings. The number of ether oxygens (including phenoxy) is 2. The third kappa shape index (κ3) is 5.23. The van der Waals surface area contributed by atoms with Crippen molar-refractivity contribution in [3.05, 3.63) is 76.1 Å². The minimum Gasteiger partial charge on any atom is -0.507 e. The number of imide groups is 1. The Kier molecular flexibility index (Phi) is 6.74. The van der Waals surface area contributed by atoms with Gasteiger partial charge in [-0.15, -0.1) is 0 Å². The number of hydrogen-bond donors (Lipinski definition) is 3. The number of nitrogens with zero attached hydrogens (tertiary/aromatic N) is 1. The van der Waals surface area contributed by atoms with E-state index in [-0.39, 0.29) is 23.0 Å². The number of aromatic nitrogens is 2. The van der Waals surface area contributed by atoms with Crippen LogP contribution in [-0.2, 0) is 11.2 Å². The first kappa shape index (κ1) is 25.0. The van der Waals surface area contributed by atoms with Crippen LogP contribution in [0.3, 0.4) is 0 Å². The summed E-state index contributed by atoms with van der Waals surface area (Å²) in [5, 5.41) is 12.0. The Morgan fingerprint density at radius 2 is 1.84 bits per heavy atom. The van der Waals surface area contributed by atoms with Crippen molar-refractivity contribution in [2.75, 3.05) is 0 Å². The van der Waals surface area contributed by atoms with Gasteiger partial charge < -0.3 is 19.6 Å². The lowest BCUT2D eigenvalue weighted by Crippen LogP contribution is -2.25. The van der Waals surface area contributed by atoms with Crippen molar-refractivity contribution < 1.29 is 24.2 Å². The predicted octanol–water partition coefficient (Wildman–Crippen LogP) is 6.37. The second-order valence-corrected chi connectivity index (χ2v) is 10.4. The van der Waals surface area contributed by atoms with Crippen LogP contribution < -0.4 is 14.8 Å². The number of halogens is 1. The van der Waals surface area contributed by atoms with Crippen molar-refractivity contribution in [2.24, 2.45) is 0 Å². The standard InChI is InChI=1S/C27H24ClN3O5S/c1-13-10-21(23(28)14(2)24(13)32)36-18-8-9-19-20(12-18)30-25(29-19)15(3)35-17-6-4-16(5-7-17)11-22-26(33)31-27(34)37-22/h4-10,12,15,22,32H,11H2,1-3H3,(H,29,30)(H,31,33,34). The zero-order chi connectivity index (χ0) is 26.3. The van der Waals surface area contributed by atoms with Gasteiger partial charge in [-0.1, -0.05) is 35.5 Å². The first-order valence-corrected chi connectivity index (χ1v) is 12.9. The van der Waals surface area contributed by atoms with E-state index in [1.807, 2.05) is 49.4 Å². The molecule has 2 atom stereocenters. The lowest BCUT2D eigenvalue weighted by molar-refractivity contribution is -0.118. The van der Waals surface area contributed by atoms with Crippen LogP contribution >= 0.6 is 23.4 Å². The first-order valence-electron chi connectivity index (χ1n) is 11.6. The maximum atomic E-state index is 11.8. The largest absolute Gasteiger partial charge is 0.507 e. The van der Waals surface area contributed by atoms with Crippen LogP contribution in [0, 0.1) is 13.8 Å². The number of aromatic amines is 1. The molecule has 1 saturated heterocycles. The number of rotatable bonds is 7. The number of imidazole rings is 1. The molecule has 3 aromatic carbocycles. The predicted molar refractivity (Wildman–Crippen MR) is 143 cm³/mol. The molecule has 0 bridgehead atoms. The topological polar surface area (TPSA) is 114 Å². The number of aromatic hydroxyl groups is 1. The molecule has 0 spiro atoms. The van der Waals surface area contributed by atoms with Crippen LogP contribution in [-0.4, -0.2) is 31.5 Å². The summed E-state index contributed by atoms with van der Waals surface area (Å²) in [5.41, 5.74) is 3.73. The summed E-state index contributed by atoms with van der Waals surface area (Å²) in [5.74, 6) is 2.27. The normalized spacial score (nSPS) is 16.2. The van der Waals surface area contributed by atoms with Crippen molar-refractivity contribution in [3.63, 3.8) is 0 Å². The van der Waals surface area contributed by atoms with Gasteiger partial charge in [0, 0.05) is 11.6 Å². The Hall–Kier alpha value is -3.69. The molecule has 1 aliphatic rings. The maximum Gasteiger partial charge on any atom is 0.286 e. The summed E-state index contributed by atoms with van der Waals surface area (Å²) in [6.07, 6.45) is 0.119. The van der Waals surface area contributed by atoms with Crippen molar-refractivity contribution in [2.45, 2.75) is 38.5 Å². The summed E-state index contributed by atoms with van der Waals surface area (Å²) in [6, 6.07) is 14.6. The fourth-order valence-electron chi connectivity index (χ4n) is 4.08. The number of carbonyl (C=O) groups excluding carboxylic acids is 2. The van der Waals surface area contributed by atoms with E-state index >= 15 is 0 Å². The molecule has 37 heavy (non-hydrogen) atoms. The molecule has 0 aliphatic carbocycles. The number of phenolic OH excluding ortho intramolecular Hbond substituents is 1. The van der Waals surface area contributed by atoms with Gasteiger partial charge in [0.25, 0.3) is 5.24 Å². The number of H-pyrrole nitrogens is 1. The van der Waals surface area contributed by atoms with E-state index in [0.29, 0.717) is 45.6 Å². The molecular weight excluding hydrogens is 514 g/mol. The molecule has 0 saturated carbocycles. The van der Waals surface area contributed by atoms with Gasteiger partial charge in [-0.3, -0.25) is 14.9 Å². The highest BCUT2D eigenvalue weighted by molar-refractivity contribution is 8.15. The lowest BCUT2D eigenvalue weighted by Gasteiger charge is -2.13. The Bertz CT molecular complexity index is 1520. The lowest BCUT2D eigenvalue weighted by atomic mass is 10.1. The molecule has 10 heteroatoms. The van der Waals surface area contributed by atoms with Gasteiger partial charge in [0.1, 0.15) is 28.8 Å². The average molecular weight is 538 g/mol. The molecule has 5 rings (SSSR count). The van der Waals surface area contributed by atoms with Crippen LogP contribution in [0.1, 0.15) is 35.5 Å². The third-order valence-corrected chi connectivity index (χ3v) is 7.58. The zero-order valence-corrected chi connectivity index (χ0v) is 21.9. The Balaban J connectivity index is 1.27. The molecule has 2 unspecified atom stereocenters. The Morgan fingerprint density at radius 1 is 1.11 bits per heavy atom. The van der Waals surface area contributed by atoms with Crippen LogP contribution in [0.2, 0.25) is 5.02 Å². The van der Waals surface area contributed by atoms with Gasteiger partial charge in [-0.25, -0.2) is 4.98 Å². The zero-order valence-electron chi connectivity index (χ0n) is 20.3. The number of carbonyl (C=O) groups is 2. The number of nitrogens with one attached hydrogen (secondary N) is 2. The fraction of sp³-hybridized carbons (Fsp3) is 0.222. The number of thioether (sulfide) groups is 1. The van der Waals surface area contributed by atoms with Crippen LogP contribution in [0.4, 0.5) is 4.79 Å². The summed E-state index contributed by atoms with van der Waals surface area (Å²) in [6.45, 7) is 5.43. The SMILES string of the molecule is Cc1cc(Oc2ccc3nc(C(C)Oc4ccc(CC5SC(=O)NC5=O)cc4)[nH]c3c2)c(Cl)c(C)c1O. The summed E-state index contributed by atoms with van der Waals surface area (Å²) in [4.78, 5) is 31.1. The van der Waals surface area contributed by atoms with Crippen molar-refractivity contribution in [1.82, 2.24) is 15.3 Å². The molecule has 1 aliphatic heterocycles. The van der Waals surface area contributed by atoms with E-state index in [0.717, 1.165) is 28.4 Å². The van der Waals surface area contributed by atoms with Gasteiger partial charge in [0.2, 0.25) is 5.91 Å². The Morgan fingerprint density at radius 3 is 2.54 bits per heavy atom. The van der Waals surface area contributed by atoms with Crippen LogP contribution in [0.25, 0.3) is 11.0 Å². The van der Waals surface area contributed by atoms with Crippen molar-refractivity contribution in [1.29, 1.82) is 0 Å². The van der Waals surface area contributed by atoms with Gasteiger partial charge >= 0.3 is 0 Å². The second-order valence-electron chi connectivity index (χ2n) is 8.87. The van der Waals surface area contributed by atoms with E-state index in [2.05, 4.69) is 15.3 Å². The average Bonchev–Trinajstić information content (AvgIpc) is 3.44. The van der Waals surface area contributed by atoms with Gasteiger partial charge in [-0.2, -0.15) is 0 Å². The Labute approximate surface area is 222 Å². The van der Waals surface area contributed by atoms with E-state index in [9.17, 15) is 14.7 Å². The number of fused-ring (bicyclic) bond motifs is 1. The van der Waals surface area contributed by atoms with Gasteiger partial charge in [0.15, 0.2) is 6.10 Å². The molecule has 3 N–H and O–H groups in total. The summed E-state index contributed by atoms with van der Waals surface area (Å²) < 4.78 is 12.1. The highest BCUT2D eigenvalue weighted by Gasteiger charge is 2.31. The minimum absolute atomic E-state index is 0.159.